The van der Waals surface area contributed by atoms with Crippen LogP contribution in [0.1, 0.15) is 64.2 Å². The highest BCUT2D eigenvalue weighted by Crippen LogP contribution is 2.27. The van der Waals surface area contributed by atoms with E-state index in [2.05, 4.69) is 5.32 Å². The molecule has 8 nitrogen and oxygen atoms in total. The molecule has 2 N–H and O–H groups in total. The van der Waals surface area contributed by atoms with Crippen molar-refractivity contribution in [2.45, 2.75) is 87.7 Å². The van der Waals surface area contributed by atoms with Crippen molar-refractivity contribution in [3.63, 3.8) is 0 Å². The number of hydrogen-bond acceptors (Lipinski definition) is 5. The zero-order chi connectivity index (χ0) is 21.7. The molecule has 0 bridgehead atoms. The Kier molecular flexibility index (Phi) is 7.49. The normalized spacial score (nSPS) is 30.6. The molecule has 3 aliphatic rings. The Morgan fingerprint density at radius 3 is 2.57 bits per heavy atom. The summed E-state index contributed by atoms with van der Waals surface area (Å²) < 4.78 is 41.1. The molecule has 3 rings (SSSR count). The number of amides is 3. The molecule has 1 saturated carbocycles. The lowest BCUT2D eigenvalue weighted by Gasteiger charge is -2.27. The Balaban J connectivity index is 1.78. The summed E-state index contributed by atoms with van der Waals surface area (Å²) in [7, 11) is -3.87. The van der Waals surface area contributed by atoms with Gasteiger partial charge in [0.2, 0.25) is 21.8 Å². The number of carbonyl (C=O) groups excluding carboxylic acids is 3. The lowest BCUT2D eigenvalue weighted by atomic mass is 10.1. The van der Waals surface area contributed by atoms with Gasteiger partial charge < -0.3 is 10.2 Å². The Labute approximate surface area is 176 Å². The van der Waals surface area contributed by atoms with Crippen molar-refractivity contribution in [2.75, 3.05) is 6.54 Å². The minimum Gasteiger partial charge on any atom is -0.340 e. The summed E-state index contributed by atoms with van der Waals surface area (Å²) in [6.07, 6.45) is 7.23. The monoisotopic (exact) mass is 443 g/mol. The molecule has 0 aromatic rings. The fourth-order valence-electron chi connectivity index (χ4n) is 3.92. The maximum atomic E-state index is 14.9. The Morgan fingerprint density at radius 1 is 1.10 bits per heavy atom. The van der Waals surface area contributed by atoms with E-state index in [1.54, 1.807) is 6.08 Å². The number of carbonyl (C=O) groups is 3. The van der Waals surface area contributed by atoms with Crippen molar-refractivity contribution in [2.24, 2.45) is 0 Å². The summed E-state index contributed by atoms with van der Waals surface area (Å²) in [6, 6.07) is -2.45. The van der Waals surface area contributed by atoms with E-state index in [0.717, 1.165) is 25.7 Å². The molecule has 1 aliphatic carbocycles. The summed E-state index contributed by atoms with van der Waals surface area (Å²) in [4.78, 5) is 39.4. The zero-order valence-electron chi connectivity index (χ0n) is 17.0. The second-order valence-corrected chi connectivity index (χ2v) is 10.2. The standard InChI is InChI=1S/C20H30FN3O5S/c21-15-8-5-3-1-2-4-6-10-17(25)24-13-7-9-16(24)19(26)22-18(15)20(27)23-30(28,29)14-11-12-14/h5,8,14-16,18H,1-4,6-7,9-13H2,(H,22,26)(H,23,27)/b8-5-/t15-,16-,18?/m0/s1. The Bertz CT molecular complexity index is 796. The fraction of sp³-hybridized carbons (Fsp3) is 0.750. The van der Waals surface area contributed by atoms with Crippen molar-refractivity contribution < 1.29 is 27.2 Å². The van der Waals surface area contributed by atoms with E-state index in [0.29, 0.717) is 45.1 Å². The Morgan fingerprint density at radius 2 is 1.83 bits per heavy atom. The molecular weight excluding hydrogens is 413 g/mol. The molecule has 3 atom stereocenters. The van der Waals surface area contributed by atoms with Gasteiger partial charge in [-0.05, 0) is 44.9 Å². The van der Waals surface area contributed by atoms with Crippen LogP contribution in [0.15, 0.2) is 12.2 Å². The summed E-state index contributed by atoms with van der Waals surface area (Å²) in [6.45, 7) is 0.447. The SMILES string of the molecule is O=C(NS(=O)(=O)C1CC1)C1NC(=O)[C@@H]2CCCN2C(=O)CCCCCC/C=C\[C@@H]1F. The van der Waals surface area contributed by atoms with Crippen molar-refractivity contribution in [3.8, 4) is 0 Å². The lowest BCUT2D eigenvalue weighted by Crippen LogP contribution is -2.57. The summed E-state index contributed by atoms with van der Waals surface area (Å²) in [5, 5.41) is 1.73. The van der Waals surface area contributed by atoms with E-state index in [1.807, 2.05) is 4.72 Å². The van der Waals surface area contributed by atoms with Gasteiger partial charge in [-0.2, -0.15) is 0 Å². The third-order valence-corrected chi connectivity index (χ3v) is 7.65. The number of alkyl halides is 1. The summed E-state index contributed by atoms with van der Waals surface area (Å²) >= 11 is 0. The second-order valence-electron chi connectivity index (χ2n) is 8.27. The van der Waals surface area contributed by atoms with E-state index in [4.69, 9.17) is 0 Å². The molecule has 2 aliphatic heterocycles. The van der Waals surface area contributed by atoms with Crippen LogP contribution in [0.2, 0.25) is 0 Å². The minimum absolute atomic E-state index is 0.116. The molecule has 2 heterocycles. The number of halogens is 1. The number of fused-ring (bicyclic) bond motifs is 1. The van der Waals surface area contributed by atoms with Crippen LogP contribution >= 0.6 is 0 Å². The van der Waals surface area contributed by atoms with Crippen molar-refractivity contribution in [1.29, 1.82) is 0 Å². The quantitative estimate of drug-likeness (QED) is 0.639. The molecular formula is C20H30FN3O5S. The van der Waals surface area contributed by atoms with Gasteiger partial charge in [-0.25, -0.2) is 12.8 Å². The first-order valence-electron chi connectivity index (χ1n) is 10.8. The average molecular weight is 444 g/mol. The molecule has 1 saturated heterocycles. The number of hydrogen-bond donors (Lipinski definition) is 2. The van der Waals surface area contributed by atoms with Crippen LogP contribution < -0.4 is 10.0 Å². The van der Waals surface area contributed by atoms with Gasteiger partial charge in [0.15, 0.2) is 0 Å². The van der Waals surface area contributed by atoms with Gasteiger partial charge in [-0.3, -0.25) is 19.1 Å². The number of nitrogens with zero attached hydrogens (tertiary/aromatic N) is 1. The molecule has 2 fully saturated rings. The van der Waals surface area contributed by atoms with Crippen molar-refractivity contribution in [3.05, 3.63) is 12.2 Å². The van der Waals surface area contributed by atoms with Crippen LogP contribution in [-0.2, 0) is 24.4 Å². The predicted molar refractivity (Wildman–Crippen MR) is 108 cm³/mol. The third kappa shape index (κ3) is 5.80. The first-order valence-corrected chi connectivity index (χ1v) is 12.3. The van der Waals surface area contributed by atoms with Crippen LogP contribution in [-0.4, -0.2) is 61.1 Å². The largest absolute Gasteiger partial charge is 0.340 e. The molecule has 1 unspecified atom stereocenters. The van der Waals surface area contributed by atoms with E-state index < -0.39 is 45.3 Å². The second kappa shape index (κ2) is 9.89. The molecule has 10 heteroatoms. The highest BCUT2D eigenvalue weighted by atomic mass is 32.2. The molecule has 30 heavy (non-hydrogen) atoms. The van der Waals surface area contributed by atoms with E-state index >= 15 is 0 Å². The van der Waals surface area contributed by atoms with Crippen molar-refractivity contribution in [1.82, 2.24) is 14.9 Å². The summed E-state index contributed by atoms with van der Waals surface area (Å²) in [5.74, 6) is -1.84. The minimum atomic E-state index is -3.87. The first-order chi connectivity index (χ1) is 14.3. The van der Waals surface area contributed by atoms with Crippen LogP contribution in [0, 0.1) is 0 Å². The average Bonchev–Trinajstić information content (AvgIpc) is 3.44. The molecule has 3 amide bonds. The van der Waals surface area contributed by atoms with Gasteiger partial charge in [0.05, 0.1) is 5.25 Å². The maximum absolute atomic E-state index is 14.9. The predicted octanol–water partition coefficient (Wildman–Crippen LogP) is 1.32. The fourth-order valence-corrected chi connectivity index (χ4v) is 5.25. The molecule has 0 spiro atoms. The van der Waals surface area contributed by atoms with Gasteiger partial charge in [-0.15, -0.1) is 0 Å². The molecule has 0 aromatic heterocycles. The van der Waals surface area contributed by atoms with Crippen molar-refractivity contribution >= 4 is 27.7 Å². The molecule has 0 aromatic carbocycles. The van der Waals surface area contributed by atoms with Gasteiger partial charge in [0, 0.05) is 13.0 Å². The van der Waals surface area contributed by atoms with Crippen LogP contribution in [0.5, 0.6) is 0 Å². The first kappa shape index (κ1) is 22.7. The zero-order valence-corrected chi connectivity index (χ0v) is 17.8. The van der Waals surface area contributed by atoms with E-state index in [1.165, 1.54) is 11.0 Å². The number of rotatable bonds is 3. The van der Waals surface area contributed by atoms with Crippen LogP contribution in [0.3, 0.4) is 0 Å². The smallest absolute Gasteiger partial charge is 0.259 e. The molecule has 168 valence electrons. The van der Waals surface area contributed by atoms with Crippen LogP contribution in [0.25, 0.3) is 0 Å². The highest BCUT2D eigenvalue weighted by molar-refractivity contribution is 7.90. The highest BCUT2D eigenvalue weighted by Gasteiger charge is 2.41. The van der Waals surface area contributed by atoms with Gasteiger partial charge in [0.1, 0.15) is 18.3 Å². The van der Waals surface area contributed by atoms with Gasteiger partial charge in [-0.1, -0.05) is 25.0 Å². The summed E-state index contributed by atoms with van der Waals surface area (Å²) in [5.41, 5.74) is 0. The van der Waals surface area contributed by atoms with Crippen LogP contribution in [0.4, 0.5) is 4.39 Å². The van der Waals surface area contributed by atoms with Gasteiger partial charge >= 0.3 is 0 Å². The van der Waals surface area contributed by atoms with E-state index in [-0.39, 0.29) is 5.91 Å². The maximum Gasteiger partial charge on any atom is 0.259 e. The van der Waals surface area contributed by atoms with E-state index in [9.17, 15) is 27.2 Å². The topological polar surface area (TPSA) is 113 Å². The number of nitrogens with one attached hydrogen (secondary N) is 2. The van der Waals surface area contributed by atoms with Gasteiger partial charge in [0.25, 0.3) is 5.91 Å². The number of allylic oxidation sites excluding steroid dienone is 1. The third-order valence-electron chi connectivity index (χ3n) is 5.81. The number of sulfonamides is 1. The molecule has 0 radical (unpaired) electrons. The lowest BCUT2D eigenvalue weighted by molar-refractivity contribution is -0.139. The Hall–Kier alpha value is -1.97.